The van der Waals surface area contributed by atoms with Gasteiger partial charge in [-0.3, -0.25) is 4.79 Å². The molecule has 0 aliphatic rings. The Kier molecular flexibility index (Phi) is 4.73. The van der Waals surface area contributed by atoms with Gasteiger partial charge in [0.15, 0.2) is 0 Å². The van der Waals surface area contributed by atoms with Gasteiger partial charge in [0.05, 0.1) is 0 Å². The van der Waals surface area contributed by atoms with Gasteiger partial charge in [0, 0.05) is 17.8 Å². The van der Waals surface area contributed by atoms with Crippen molar-refractivity contribution in [2.24, 2.45) is 0 Å². The van der Waals surface area contributed by atoms with Gasteiger partial charge in [-0.15, -0.1) is 0 Å². The summed E-state index contributed by atoms with van der Waals surface area (Å²) in [5, 5.41) is 0. The smallest absolute Gasteiger partial charge is 0.258 e. The van der Waals surface area contributed by atoms with E-state index in [0.29, 0.717) is 6.54 Å². The lowest BCUT2D eigenvalue weighted by molar-refractivity contribution is 0.0986. The zero-order valence-electron chi connectivity index (χ0n) is 11.0. The maximum absolute atomic E-state index is 12.6. The standard InChI is InChI=1S/C17H18NO/c1-2-3-14-18(16-12-8-5-9-13-16)17(19)15-10-6-4-7-11-15/h4-13H,1-3,14H2. The van der Waals surface area contributed by atoms with Gasteiger partial charge >= 0.3 is 0 Å². The van der Waals surface area contributed by atoms with Crippen LogP contribution in [0.1, 0.15) is 23.2 Å². The highest BCUT2D eigenvalue weighted by molar-refractivity contribution is 6.06. The molecular formula is C17H18NO. The maximum atomic E-state index is 12.6. The summed E-state index contributed by atoms with van der Waals surface area (Å²) in [6, 6.07) is 19.2. The first-order valence-electron chi connectivity index (χ1n) is 6.54. The van der Waals surface area contributed by atoms with Crippen LogP contribution in [-0.2, 0) is 0 Å². The first-order valence-corrected chi connectivity index (χ1v) is 6.54. The Bertz CT molecular complexity index is 507. The number of benzene rings is 2. The van der Waals surface area contributed by atoms with Gasteiger partial charge in [-0.05, 0) is 30.7 Å². The van der Waals surface area contributed by atoms with E-state index in [1.807, 2.05) is 65.6 Å². The van der Waals surface area contributed by atoms with Crippen LogP contribution in [0, 0.1) is 6.92 Å². The van der Waals surface area contributed by atoms with Crippen molar-refractivity contribution in [3.05, 3.63) is 73.2 Å². The molecule has 0 aliphatic heterocycles. The lowest BCUT2D eigenvalue weighted by atomic mass is 10.1. The molecule has 0 heterocycles. The number of amides is 1. The minimum absolute atomic E-state index is 0.0419. The summed E-state index contributed by atoms with van der Waals surface area (Å²) >= 11 is 0. The van der Waals surface area contributed by atoms with Gasteiger partial charge in [-0.2, -0.15) is 0 Å². The summed E-state index contributed by atoms with van der Waals surface area (Å²) < 4.78 is 0. The molecule has 19 heavy (non-hydrogen) atoms. The molecule has 0 spiro atoms. The highest BCUT2D eigenvalue weighted by Crippen LogP contribution is 2.17. The Morgan fingerprint density at radius 2 is 1.53 bits per heavy atom. The molecule has 0 saturated heterocycles. The number of carbonyl (C=O) groups is 1. The Hall–Kier alpha value is -2.09. The molecule has 0 unspecified atom stereocenters. The molecule has 0 bridgehead atoms. The van der Waals surface area contributed by atoms with Crippen molar-refractivity contribution in [2.45, 2.75) is 12.8 Å². The molecule has 1 amide bonds. The highest BCUT2D eigenvalue weighted by Gasteiger charge is 2.16. The third-order valence-electron chi connectivity index (χ3n) is 2.97. The minimum atomic E-state index is 0.0419. The number of rotatable bonds is 5. The normalized spacial score (nSPS) is 10.2. The number of para-hydroxylation sites is 1. The van der Waals surface area contributed by atoms with E-state index in [4.69, 9.17) is 0 Å². The summed E-state index contributed by atoms with van der Waals surface area (Å²) in [5.41, 5.74) is 1.65. The lowest BCUT2D eigenvalue weighted by Crippen LogP contribution is -2.31. The Morgan fingerprint density at radius 3 is 2.11 bits per heavy atom. The average Bonchev–Trinajstić information content (AvgIpc) is 2.49. The molecular weight excluding hydrogens is 234 g/mol. The number of carbonyl (C=O) groups excluding carboxylic acids is 1. The fourth-order valence-corrected chi connectivity index (χ4v) is 1.96. The second kappa shape index (κ2) is 6.74. The van der Waals surface area contributed by atoms with Crippen LogP contribution in [0.25, 0.3) is 0 Å². The van der Waals surface area contributed by atoms with Crippen molar-refractivity contribution in [3.63, 3.8) is 0 Å². The van der Waals surface area contributed by atoms with Crippen LogP contribution in [0.5, 0.6) is 0 Å². The van der Waals surface area contributed by atoms with E-state index >= 15 is 0 Å². The molecule has 0 fully saturated rings. The molecule has 2 nitrogen and oxygen atoms in total. The Labute approximate surface area is 114 Å². The maximum Gasteiger partial charge on any atom is 0.258 e. The van der Waals surface area contributed by atoms with Crippen molar-refractivity contribution in [1.82, 2.24) is 0 Å². The Balaban J connectivity index is 2.25. The number of unbranched alkanes of at least 4 members (excludes halogenated alkanes) is 1. The van der Waals surface area contributed by atoms with Gasteiger partial charge < -0.3 is 4.90 Å². The number of hydrogen-bond acceptors (Lipinski definition) is 1. The van der Waals surface area contributed by atoms with Crippen LogP contribution in [0.3, 0.4) is 0 Å². The average molecular weight is 252 g/mol. The largest absolute Gasteiger partial charge is 0.308 e. The van der Waals surface area contributed by atoms with Crippen LogP contribution in [0.4, 0.5) is 5.69 Å². The fourth-order valence-electron chi connectivity index (χ4n) is 1.96. The van der Waals surface area contributed by atoms with Crippen LogP contribution in [-0.4, -0.2) is 12.5 Å². The zero-order valence-corrected chi connectivity index (χ0v) is 11.0. The van der Waals surface area contributed by atoms with E-state index in [2.05, 4.69) is 6.92 Å². The third-order valence-corrected chi connectivity index (χ3v) is 2.97. The van der Waals surface area contributed by atoms with Crippen LogP contribution >= 0.6 is 0 Å². The molecule has 2 heteroatoms. The van der Waals surface area contributed by atoms with Crippen LogP contribution in [0.15, 0.2) is 60.7 Å². The molecule has 2 aromatic carbocycles. The van der Waals surface area contributed by atoms with Gasteiger partial charge in [-0.1, -0.05) is 49.7 Å². The van der Waals surface area contributed by atoms with Crippen molar-refractivity contribution in [3.8, 4) is 0 Å². The predicted molar refractivity (Wildman–Crippen MR) is 79.2 cm³/mol. The van der Waals surface area contributed by atoms with E-state index in [-0.39, 0.29) is 5.91 Å². The minimum Gasteiger partial charge on any atom is -0.308 e. The second-order valence-electron chi connectivity index (χ2n) is 4.37. The summed E-state index contributed by atoms with van der Waals surface area (Å²) in [6.45, 7) is 4.54. The summed E-state index contributed by atoms with van der Waals surface area (Å²) in [5.74, 6) is 0.0419. The summed E-state index contributed by atoms with van der Waals surface area (Å²) in [4.78, 5) is 14.4. The number of anilines is 1. The molecule has 1 radical (unpaired) electrons. The zero-order chi connectivity index (χ0) is 13.5. The van der Waals surface area contributed by atoms with Crippen molar-refractivity contribution < 1.29 is 4.79 Å². The number of nitrogens with zero attached hydrogens (tertiary/aromatic N) is 1. The molecule has 0 aromatic heterocycles. The van der Waals surface area contributed by atoms with Crippen molar-refractivity contribution in [1.29, 1.82) is 0 Å². The van der Waals surface area contributed by atoms with Gasteiger partial charge in [0.25, 0.3) is 5.91 Å². The molecule has 0 N–H and O–H groups in total. The van der Waals surface area contributed by atoms with E-state index < -0.39 is 0 Å². The monoisotopic (exact) mass is 252 g/mol. The van der Waals surface area contributed by atoms with Crippen molar-refractivity contribution in [2.75, 3.05) is 11.4 Å². The van der Waals surface area contributed by atoms with Crippen LogP contribution < -0.4 is 4.90 Å². The molecule has 2 rings (SSSR count). The fraction of sp³-hybridized carbons (Fsp3) is 0.176. The molecule has 0 saturated carbocycles. The molecule has 0 atom stereocenters. The molecule has 2 aromatic rings. The van der Waals surface area contributed by atoms with Gasteiger partial charge in [-0.25, -0.2) is 0 Å². The van der Waals surface area contributed by atoms with Gasteiger partial charge in [0.1, 0.15) is 0 Å². The van der Waals surface area contributed by atoms with Crippen molar-refractivity contribution >= 4 is 11.6 Å². The summed E-state index contributed by atoms with van der Waals surface area (Å²) in [6.07, 6.45) is 1.72. The van der Waals surface area contributed by atoms with E-state index in [0.717, 1.165) is 24.1 Å². The quantitative estimate of drug-likeness (QED) is 0.789. The highest BCUT2D eigenvalue weighted by atomic mass is 16.2. The topological polar surface area (TPSA) is 20.3 Å². The SMILES string of the molecule is [CH2]CCCN(C(=O)c1ccccc1)c1ccccc1. The summed E-state index contributed by atoms with van der Waals surface area (Å²) in [7, 11) is 0. The second-order valence-corrected chi connectivity index (χ2v) is 4.37. The van der Waals surface area contributed by atoms with Crippen LogP contribution in [0.2, 0.25) is 0 Å². The Morgan fingerprint density at radius 1 is 0.947 bits per heavy atom. The van der Waals surface area contributed by atoms with E-state index in [9.17, 15) is 4.79 Å². The molecule has 0 aliphatic carbocycles. The van der Waals surface area contributed by atoms with Gasteiger partial charge in [0.2, 0.25) is 0 Å². The van der Waals surface area contributed by atoms with E-state index in [1.54, 1.807) is 0 Å². The predicted octanol–water partition coefficient (Wildman–Crippen LogP) is 3.95. The van der Waals surface area contributed by atoms with E-state index in [1.165, 1.54) is 0 Å². The first-order chi connectivity index (χ1) is 9.33. The molecule has 97 valence electrons. The number of hydrogen-bond donors (Lipinski definition) is 0. The lowest BCUT2D eigenvalue weighted by Gasteiger charge is -2.22. The first kappa shape index (κ1) is 13.3. The third kappa shape index (κ3) is 3.44.